The Balaban J connectivity index is 0.000000132. The molecule has 0 aliphatic heterocycles. The lowest BCUT2D eigenvalue weighted by molar-refractivity contribution is 0.304. The van der Waals surface area contributed by atoms with Crippen molar-refractivity contribution in [3.8, 4) is 0 Å². The van der Waals surface area contributed by atoms with Gasteiger partial charge in [0.05, 0.1) is 0 Å². The van der Waals surface area contributed by atoms with Crippen molar-refractivity contribution in [3.05, 3.63) is 97.2 Å². The molecule has 0 bridgehead atoms. The third kappa shape index (κ3) is 13.6. The minimum atomic E-state index is 1.00. The van der Waals surface area contributed by atoms with Gasteiger partial charge in [-0.05, 0) is 120 Å². The van der Waals surface area contributed by atoms with Gasteiger partial charge >= 0.3 is 0 Å². The second-order valence-electron chi connectivity index (χ2n) is 11.7. The van der Waals surface area contributed by atoms with Gasteiger partial charge in [-0.15, -0.1) is 0 Å². The number of hydrogen-bond donors (Lipinski definition) is 0. The van der Waals surface area contributed by atoms with E-state index in [2.05, 4.69) is 97.2 Å². The van der Waals surface area contributed by atoms with E-state index in [0.717, 1.165) is 23.7 Å². The Morgan fingerprint density at radius 1 is 0.263 bits per heavy atom. The molecule has 0 aromatic rings. The molecule has 0 heterocycles. The maximum atomic E-state index is 2.38. The van der Waals surface area contributed by atoms with Crippen molar-refractivity contribution in [1.29, 1.82) is 0 Å². The van der Waals surface area contributed by atoms with Gasteiger partial charge in [0, 0.05) is 0 Å². The van der Waals surface area contributed by atoms with E-state index in [9.17, 15) is 0 Å². The van der Waals surface area contributed by atoms with Gasteiger partial charge in [0.15, 0.2) is 0 Å². The predicted octanol–water partition coefficient (Wildman–Crippen LogP) is 12.0. The van der Waals surface area contributed by atoms with E-state index < -0.39 is 0 Å². The van der Waals surface area contributed by atoms with Gasteiger partial charge in [0.1, 0.15) is 0 Å². The molecule has 4 atom stereocenters. The van der Waals surface area contributed by atoms with Gasteiger partial charge in [-0.25, -0.2) is 0 Å². The van der Waals surface area contributed by atoms with Gasteiger partial charge in [-0.1, -0.05) is 116 Å². The Bertz CT molecular complexity index is 745. The van der Waals surface area contributed by atoms with Crippen molar-refractivity contribution in [2.45, 2.75) is 116 Å². The van der Waals surface area contributed by atoms with E-state index in [1.807, 2.05) is 0 Å². The first-order valence-corrected chi connectivity index (χ1v) is 16.2. The summed E-state index contributed by atoms with van der Waals surface area (Å²) in [6.45, 7) is 0. The third-order valence-electron chi connectivity index (χ3n) is 8.54. The van der Waals surface area contributed by atoms with E-state index in [1.165, 1.54) is 116 Å². The average molecular weight is 513 g/mol. The minimum Gasteiger partial charge on any atom is -0.0882 e. The summed E-state index contributed by atoms with van der Waals surface area (Å²) >= 11 is 0. The van der Waals surface area contributed by atoms with Crippen molar-refractivity contribution in [2.75, 3.05) is 0 Å². The summed E-state index contributed by atoms with van der Waals surface area (Å²) in [4.78, 5) is 0. The minimum absolute atomic E-state index is 1.00. The highest BCUT2D eigenvalue weighted by Gasteiger charge is 2.28. The molecule has 0 radical (unpaired) electrons. The van der Waals surface area contributed by atoms with Gasteiger partial charge in [-0.3, -0.25) is 0 Å². The third-order valence-corrected chi connectivity index (χ3v) is 8.54. The zero-order valence-corrected chi connectivity index (χ0v) is 24.3. The standard InChI is InChI=1S/3C8H12.2C7H10/c1-2-4-8-6-5-7(8)3-1;2*1-2-4-6-8-7-5-3-1;1-2-6-4-5-7(6)3-1;1-2-4-6-7-5-3-1/h5-8H,1-4H2;1-2,7-8H,3-6H2;1-4H,5-8H2;4-7H,1-3H2;1-4H,5-7H2/b;2-1-,8-7?;;;/t7-,8+;;;6-,7+;. The van der Waals surface area contributed by atoms with Crippen LogP contribution in [0.3, 0.4) is 0 Å². The van der Waals surface area contributed by atoms with Gasteiger partial charge in [-0.2, -0.15) is 0 Å². The molecule has 0 amide bonds. The van der Waals surface area contributed by atoms with Crippen molar-refractivity contribution >= 4 is 0 Å². The fourth-order valence-corrected chi connectivity index (χ4v) is 5.87. The largest absolute Gasteiger partial charge is 0.0882 e. The van der Waals surface area contributed by atoms with Crippen molar-refractivity contribution in [1.82, 2.24) is 0 Å². The lowest BCUT2D eigenvalue weighted by Crippen LogP contribution is -2.21. The number of allylic oxidation sites excluding steroid dienone is 16. The van der Waals surface area contributed by atoms with E-state index in [4.69, 9.17) is 0 Å². The number of fused-ring (bicyclic) bond motifs is 2. The quantitative estimate of drug-likeness (QED) is 0.283. The summed E-state index contributed by atoms with van der Waals surface area (Å²) < 4.78 is 0. The molecule has 7 rings (SSSR count). The molecule has 38 heavy (non-hydrogen) atoms. The van der Waals surface area contributed by atoms with Crippen LogP contribution in [0, 0.1) is 23.7 Å². The van der Waals surface area contributed by atoms with Crippen LogP contribution in [0.2, 0.25) is 0 Å². The molecule has 0 saturated heterocycles. The first-order chi connectivity index (χ1) is 18.9. The average Bonchev–Trinajstić information content (AvgIpc) is 3.04. The molecular formula is C38H56. The van der Waals surface area contributed by atoms with Gasteiger partial charge in [0.25, 0.3) is 0 Å². The van der Waals surface area contributed by atoms with Crippen LogP contribution in [-0.2, 0) is 0 Å². The molecule has 7 aliphatic rings. The van der Waals surface area contributed by atoms with Crippen LogP contribution in [-0.4, -0.2) is 0 Å². The van der Waals surface area contributed by atoms with Crippen LogP contribution in [0.5, 0.6) is 0 Å². The van der Waals surface area contributed by atoms with Crippen molar-refractivity contribution in [2.24, 2.45) is 23.7 Å². The molecule has 208 valence electrons. The fourth-order valence-electron chi connectivity index (χ4n) is 5.87. The molecule has 2 saturated carbocycles. The van der Waals surface area contributed by atoms with Crippen LogP contribution in [0.15, 0.2) is 97.2 Å². The molecule has 0 N–H and O–H groups in total. The van der Waals surface area contributed by atoms with Gasteiger partial charge in [0.2, 0.25) is 0 Å². The lowest BCUT2D eigenvalue weighted by atomic mass is 9.72. The molecular weight excluding hydrogens is 456 g/mol. The SMILES string of the molecule is C1=CCC/C=C\CC1.C1=CCCCC=C1.C1=CCCCCC=C1.C1=C[C@H]2CCCC[C@@H]12.C1=C[C@H]2CCC[C@@H]12. The van der Waals surface area contributed by atoms with Crippen LogP contribution >= 0.6 is 0 Å². The Morgan fingerprint density at radius 2 is 0.579 bits per heavy atom. The summed E-state index contributed by atoms with van der Waals surface area (Å²) in [7, 11) is 0. The Labute approximate surface area is 236 Å². The first kappa shape index (κ1) is 30.5. The maximum Gasteiger partial charge on any atom is -0.0170 e. The predicted molar refractivity (Wildman–Crippen MR) is 170 cm³/mol. The normalized spacial score (nSPS) is 30.3. The van der Waals surface area contributed by atoms with Crippen molar-refractivity contribution in [3.63, 3.8) is 0 Å². The van der Waals surface area contributed by atoms with E-state index in [0.29, 0.717) is 0 Å². The lowest BCUT2D eigenvalue weighted by Gasteiger charge is -2.33. The summed E-state index contributed by atoms with van der Waals surface area (Å²) in [5.41, 5.74) is 0. The monoisotopic (exact) mass is 512 g/mol. The van der Waals surface area contributed by atoms with E-state index in [1.54, 1.807) is 0 Å². The maximum absolute atomic E-state index is 2.38. The topological polar surface area (TPSA) is 0 Å². The second-order valence-corrected chi connectivity index (χ2v) is 11.7. The van der Waals surface area contributed by atoms with Gasteiger partial charge < -0.3 is 0 Å². The van der Waals surface area contributed by atoms with Crippen LogP contribution in [0.25, 0.3) is 0 Å². The van der Waals surface area contributed by atoms with E-state index >= 15 is 0 Å². The molecule has 7 aliphatic carbocycles. The zero-order valence-electron chi connectivity index (χ0n) is 24.3. The smallest absolute Gasteiger partial charge is 0.0170 e. The van der Waals surface area contributed by atoms with Crippen LogP contribution < -0.4 is 0 Å². The van der Waals surface area contributed by atoms with Crippen LogP contribution in [0.4, 0.5) is 0 Å². The molecule has 0 spiro atoms. The number of rotatable bonds is 0. The number of hydrogen-bond acceptors (Lipinski definition) is 0. The summed E-state index contributed by atoms with van der Waals surface area (Å²) in [6.07, 6.45) is 60.3. The highest BCUT2D eigenvalue weighted by Crippen LogP contribution is 2.40. The highest BCUT2D eigenvalue weighted by atomic mass is 14.3. The molecule has 0 nitrogen and oxygen atoms in total. The molecule has 0 aromatic carbocycles. The Morgan fingerprint density at radius 3 is 0.895 bits per heavy atom. The van der Waals surface area contributed by atoms with Crippen molar-refractivity contribution < 1.29 is 0 Å². The second kappa shape index (κ2) is 20.8. The zero-order chi connectivity index (χ0) is 26.4. The molecule has 0 aromatic heterocycles. The Kier molecular flexibility index (Phi) is 16.7. The first-order valence-electron chi connectivity index (χ1n) is 16.2. The molecule has 0 unspecified atom stereocenters. The van der Waals surface area contributed by atoms with E-state index in [-0.39, 0.29) is 0 Å². The summed E-state index contributed by atoms with van der Waals surface area (Å²) in [6, 6.07) is 0. The highest BCUT2D eigenvalue weighted by molar-refractivity contribution is 5.11. The molecule has 0 heteroatoms. The summed E-state index contributed by atoms with van der Waals surface area (Å²) in [5.74, 6) is 4.03. The Hall–Kier alpha value is -2.08. The van der Waals surface area contributed by atoms with Crippen LogP contribution in [0.1, 0.15) is 116 Å². The molecule has 2 fully saturated rings. The fraction of sp³-hybridized carbons (Fsp3) is 0.579. The summed E-state index contributed by atoms with van der Waals surface area (Å²) in [5, 5.41) is 0.